The zero-order valence-corrected chi connectivity index (χ0v) is 11.1. The molecule has 1 N–H and O–H groups in total. The molecule has 0 saturated carbocycles. The number of carboxylic acids is 1. The van der Waals surface area contributed by atoms with Gasteiger partial charge in [0.25, 0.3) is 0 Å². The molecular formula is C12H13ClO4S. The number of sulfone groups is 1. The van der Waals surface area contributed by atoms with Gasteiger partial charge < -0.3 is 5.11 Å². The molecule has 0 spiro atoms. The highest BCUT2D eigenvalue weighted by Gasteiger charge is 2.38. The Labute approximate surface area is 110 Å². The predicted molar refractivity (Wildman–Crippen MR) is 68.6 cm³/mol. The van der Waals surface area contributed by atoms with Crippen LogP contribution < -0.4 is 0 Å². The van der Waals surface area contributed by atoms with Crippen molar-refractivity contribution in [1.29, 1.82) is 0 Å². The van der Waals surface area contributed by atoms with Crippen LogP contribution in [0.3, 0.4) is 0 Å². The number of aliphatic carboxylic acids is 1. The van der Waals surface area contributed by atoms with Crippen LogP contribution in [0.4, 0.5) is 0 Å². The number of rotatable bonds is 2. The summed E-state index contributed by atoms with van der Waals surface area (Å²) in [6.07, 6.45) is 0.348. The predicted octanol–water partition coefficient (Wildman–Crippen LogP) is 1.94. The molecule has 2 rings (SSSR count). The molecule has 0 aliphatic carbocycles. The SMILES string of the molecule is O=C(O)C1CS(=O)(=O)CCC1c1ccc(Cl)cc1. The van der Waals surface area contributed by atoms with Crippen molar-refractivity contribution in [3.8, 4) is 0 Å². The molecule has 4 nitrogen and oxygen atoms in total. The molecule has 0 radical (unpaired) electrons. The van der Waals surface area contributed by atoms with E-state index in [0.717, 1.165) is 5.56 Å². The number of hydrogen-bond acceptors (Lipinski definition) is 3. The molecule has 0 bridgehead atoms. The first-order valence-electron chi connectivity index (χ1n) is 5.58. The average molecular weight is 289 g/mol. The molecule has 18 heavy (non-hydrogen) atoms. The van der Waals surface area contributed by atoms with Crippen LogP contribution in [-0.2, 0) is 14.6 Å². The maximum Gasteiger partial charge on any atom is 0.308 e. The van der Waals surface area contributed by atoms with Gasteiger partial charge in [-0.15, -0.1) is 0 Å². The molecule has 1 heterocycles. The van der Waals surface area contributed by atoms with Crippen molar-refractivity contribution in [3.05, 3.63) is 34.9 Å². The molecule has 0 amide bonds. The minimum absolute atomic E-state index is 0.0457. The largest absolute Gasteiger partial charge is 0.481 e. The Morgan fingerprint density at radius 2 is 1.89 bits per heavy atom. The molecule has 1 aromatic rings. The molecule has 1 fully saturated rings. The fourth-order valence-corrected chi connectivity index (χ4v) is 4.16. The van der Waals surface area contributed by atoms with Gasteiger partial charge in [-0.3, -0.25) is 4.79 Å². The lowest BCUT2D eigenvalue weighted by Crippen LogP contribution is -2.36. The standard InChI is InChI=1S/C12H13ClO4S/c13-9-3-1-8(2-4-9)10-5-6-18(16,17)7-11(10)12(14)15/h1-4,10-11H,5-7H2,(H,14,15). The maximum atomic E-state index is 11.5. The molecule has 1 saturated heterocycles. The van der Waals surface area contributed by atoms with E-state index in [9.17, 15) is 13.2 Å². The quantitative estimate of drug-likeness (QED) is 0.903. The summed E-state index contributed by atoms with van der Waals surface area (Å²) >= 11 is 5.78. The summed E-state index contributed by atoms with van der Waals surface area (Å²) in [7, 11) is -3.23. The number of halogens is 1. The molecule has 98 valence electrons. The lowest BCUT2D eigenvalue weighted by Gasteiger charge is -2.28. The van der Waals surface area contributed by atoms with Crippen molar-refractivity contribution in [3.63, 3.8) is 0 Å². The van der Waals surface area contributed by atoms with E-state index in [1.807, 2.05) is 0 Å². The summed E-state index contributed by atoms with van der Waals surface area (Å²) in [6, 6.07) is 6.92. The molecule has 6 heteroatoms. The second kappa shape index (κ2) is 4.90. The number of benzene rings is 1. The van der Waals surface area contributed by atoms with Crippen molar-refractivity contribution < 1.29 is 18.3 Å². The molecule has 1 aliphatic rings. The summed E-state index contributed by atoms with van der Waals surface area (Å²) < 4.78 is 23.0. The third-order valence-corrected chi connectivity index (χ3v) is 5.25. The lowest BCUT2D eigenvalue weighted by molar-refractivity contribution is -0.141. The molecule has 1 aliphatic heterocycles. The highest BCUT2D eigenvalue weighted by molar-refractivity contribution is 7.91. The van der Waals surface area contributed by atoms with Crippen molar-refractivity contribution >= 4 is 27.4 Å². The maximum absolute atomic E-state index is 11.5. The molecular weight excluding hydrogens is 276 g/mol. The van der Waals surface area contributed by atoms with E-state index < -0.39 is 21.7 Å². The van der Waals surface area contributed by atoms with Crippen molar-refractivity contribution in [1.82, 2.24) is 0 Å². The first-order chi connectivity index (χ1) is 8.39. The Kier molecular flexibility index (Phi) is 3.64. The highest BCUT2D eigenvalue weighted by atomic mass is 35.5. The van der Waals surface area contributed by atoms with Crippen LogP contribution in [-0.4, -0.2) is 31.0 Å². The Morgan fingerprint density at radius 3 is 2.44 bits per heavy atom. The second-order valence-electron chi connectivity index (χ2n) is 4.51. The zero-order valence-electron chi connectivity index (χ0n) is 9.54. The van der Waals surface area contributed by atoms with Gasteiger partial charge in [-0.05, 0) is 30.0 Å². The Bertz CT molecular complexity index is 550. The van der Waals surface area contributed by atoms with E-state index in [2.05, 4.69) is 0 Å². The first kappa shape index (κ1) is 13.4. The normalized spacial score (nSPS) is 26.7. The van der Waals surface area contributed by atoms with Gasteiger partial charge in [-0.2, -0.15) is 0 Å². The number of carbonyl (C=O) groups is 1. The minimum atomic E-state index is -3.23. The van der Waals surface area contributed by atoms with Crippen LogP contribution in [0.15, 0.2) is 24.3 Å². The minimum Gasteiger partial charge on any atom is -0.481 e. The van der Waals surface area contributed by atoms with Crippen LogP contribution in [0.2, 0.25) is 5.02 Å². The van der Waals surface area contributed by atoms with Crippen molar-refractivity contribution in [2.24, 2.45) is 5.92 Å². The summed E-state index contributed by atoms with van der Waals surface area (Å²) in [5, 5.41) is 9.74. The summed E-state index contributed by atoms with van der Waals surface area (Å²) in [6.45, 7) is 0. The van der Waals surface area contributed by atoms with Crippen LogP contribution in [0.1, 0.15) is 17.9 Å². The second-order valence-corrected chi connectivity index (χ2v) is 7.17. The van der Waals surface area contributed by atoms with Crippen LogP contribution in [0, 0.1) is 5.92 Å². The van der Waals surface area contributed by atoms with Gasteiger partial charge >= 0.3 is 5.97 Å². The monoisotopic (exact) mass is 288 g/mol. The van der Waals surface area contributed by atoms with Gasteiger partial charge in [0.05, 0.1) is 17.4 Å². The van der Waals surface area contributed by atoms with Crippen LogP contribution in [0.5, 0.6) is 0 Å². The highest BCUT2D eigenvalue weighted by Crippen LogP contribution is 2.34. The Balaban J connectivity index is 2.31. The smallest absolute Gasteiger partial charge is 0.308 e. The van der Waals surface area contributed by atoms with E-state index in [0.29, 0.717) is 11.4 Å². The van der Waals surface area contributed by atoms with E-state index in [4.69, 9.17) is 16.7 Å². The van der Waals surface area contributed by atoms with E-state index in [1.165, 1.54) is 0 Å². The molecule has 1 aromatic carbocycles. The summed E-state index contributed by atoms with van der Waals surface area (Å²) in [5.74, 6) is -2.42. The van der Waals surface area contributed by atoms with Crippen molar-refractivity contribution in [2.45, 2.75) is 12.3 Å². The van der Waals surface area contributed by atoms with Gasteiger partial charge in [0, 0.05) is 5.02 Å². The zero-order chi connectivity index (χ0) is 13.3. The van der Waals surface area contributed by atoms with Crippen LogP contribution in [0.25, 0.3) is 0 Å². The lowest BCUT2D eigenvalue weighted by atomic mass is 9.85. The number of carboxylic acid groups (broad SMARTS) is 1. The fraction of sp³-hybridized carbons (Fsp3) is 0.417. The average Bonchev–Trinajstić information content (AvgIpc) is 2.29. The summed E-state index contributed by atoms with van der Waals surface area (Å²) in [4.78, 5) is 11.2. The fourth-order valence-electron chi connectivity index (χ4n) is 2.33. The number of hydrogen-bond donors (Lipinski definition) is 1. The third-order valence-electron chi connectivity index (χ3n) is 3.27. The van der Waals surface area contributed by atoms with Crippen LogP contribution >= 0.6 is 11.6 Å². The first-order valence-corrected chi connectivity index (χ1v) is 7.78. The Hall–Kier alpha value is -1.07. The van der Waals surface area contributed by atoms with Gasteiger partial charge in [0.1, 0.15) is 0 Å². The molecule has 2 atom stereocenters. The van der Waals surface area contributed by atoms with E-state index >= 15 is 0 Å². The summed E-state index contributed by atoms with van der Waals surface area (Å²) in [5.41, 5.74) is 0.835. The van der Waals surface area contributed by atoms with E-state index in [-0.39, 0.29) is 17.4 Å². The molecule has 2 unspecified atom stereocenters. The van der Waals surface area contributed by atoms with Crippen molar-refractivity contribution in [2.75, 3.05) is 11.5 Å². The third kappa shape index (κ3) is 2.84. The Morgan fingerprint density at radius 1 is 1.28 bits per heavy atom. The van der Waals surface area contributed by atoms with Gasteiger partial charge in [0.15, 0.2) is 9.84 Å². The topological polar surface area (TPSA) is 71.4 Å². The van der Waals surface area contributed by atoms with E-state index in [1.54, 1.807) is 24.3 Å². The van der Waals surface area contributed by atoms with Gasteiger partial charge in [-0.1, -0.05) is 23.7 Å². The van der Waals surface area contributed by atoms with Gasteiger partial charge in [-0.25, -0.2) is 8.42 Å². The molecule has 0 aromatic heterocycles. The van der Waals surface area contributed by atoms with Gasteiger partial charge in [0.2, 0.25) is 0 Å².